The van der Waals surface area contributed by atoms with Crippen LogP contribution < -0.4 is 0 Å². The normalized spacial score (nSPS) is 40.4. The fourth-order valence-electron chi connectivity index (χ4n) is 4.76. The fourth-order valence-corrected chi connectivity index (χ4v) is 4.76. The summed E-state index contributed by atoms with van der Waals surface area (Å²) in [5.41, 5.74) is 1.18. The third-order valence-corrected chi connectivity index (χ3v) is 7.08. The molecule has 1 aromatic rings. The zero-order chi connectivity index (χ0) is 17.9. The predicted molar refractivity (Wildman–Crippen MR) is 92.1 cm³/mol. The Morgan fingerprint density at radius 2 is 1.92 bits per heavy atom. The number of fused-ring (bicyclic) bond motifs is 1. The van der Waals surface area contributed by atoms with Gasteiger partial charge in [0.25, 0.3) is 0 Å². The van der Waals surface area contributed by atoms with Gasteiger partial charge >= 0.3 is 0 Å². The first-order chi connectivity index (χ1) is 11.9. The molecular weight excluding hydrogens is 312 g/mol. The van der Waals surface area contributed by atoms with Crippen molar-refractivity contribution in [1.82, 2.24) is 0 Å². The number of ether oxygens (including phenoxy) is 2. The number of aryl methyl sites for hydroxylation is 1. The number of hydrogen-bond donors (Lipinski definition) is 0. The molecule has 4 heteroatoms. The van der Waals surface area contributed by atoms with E-state index in [9.17, 15) is 10.5 Å². The van der Waals surface area contributed by atoms with Gasteiger partial charge in [0.2, 0.25) is 0 Å². The van der Waals surface area contributed by atoms with Crippen LogP contribution >= 0.6 is 0 Å². The first-order valence-electron chi connectivity index (χ1n) is 9.05. The average molecular weight is 336 g/mol. The Morgan fingerprint density at radius 1 is 1.20 bits per heavy atom. The third-order valence-electron chi connectivity index (χ3n) is 7.08. The number of rotatable bonds is 4. The van der Waals surface area contributed by atoms with Crippen LogP contribution in [0.2, 0.25) is 0 Å². The summed E-state index contributed by atoms with van der Waals surface area (Å²) in [6.45, 7) is 6.90. The molecule has 1 unspecified atom stereocenters. The molecule has 1 heterocycles. The van der Waals surface area contributed by atoms with Gasteiger partial charge in [-0.15, -0.1) is 0 Å². The molecule has 1 aliphatic heterocycles. The Labute approximate surface area is 149 Å². The fraction of sp³-hybridized carbons (Fsp3) is 0.619. The molecule has 4 nitrogen and oxygen atoms in total. The van der Waals surface area contributed by atoms with Crippen LogP contribution in [0.4, 0.5) is 0 Å². The van der Waals surface area contributed by atoms with Crippen molar-refractivity contribution in [3.63, 3.8) is 0 Å². The Hall–Kier alpha value is -1.88. The van der Waals surface area contributed by atoms with Crippen molar-refractivity contribution in [3.8, 4) is 12.1 Å². The first-order valence-corrected chi connectivity index (χ1v) is 9.05. The number of nitriles is 2. The maximum Gasteiger partial charge on any atom is 0.150 e. The van der Waals surface area contributed by atoms with E-state index >= 15 is 0 Å². The van der Waals surface area contributed by atoms with Gasteiger partial charge in [0, 0.05) is 5.41 Å². The van der Waals surface area contributed by atoms with Crippen LogP contribution in [0.1, 0.15) is 44.2 Å². The largest absolute Gasteiger partial charge is 0.370 e. The van der Waals surface area contributed by atoms with Crippen LogP contribution in [0.5, 0.6) is 0 Å². The van der Waals surface area contributed by atoms with Crippen LogP contribution in [0.25, 0.3) is 0 Å². The van der Waals surface area contributed by atoms with E-state index in [0.717, 1.165) is 12.8 Å². The predicted octanol–water partition coefficient (Wildman–Crippen LogP) is 3.89. The molecule has 0 amide bonds. The second-order valence-corrected chi connectivity index (χ2v) is 8.41. The number of epoxide rings is 1. The topological polar surface area (TPSA) is 69.3 Å². The van der Waals surface area contributed by atoms with E-state index in [1.165, 1.54) is 11.1 Å². The minimum Gasteiger partial charge on any atom is -0.370 e. The lowest BCUT2D eigenvalue weighted by Gasteiger charge is -2.35. The van der Waals surface area contributed by atoms with Crippen molar-refractivity contribution in [3.05, 3.63) is 35.4 Å². The van der Waals surface area contributed by atoms with Crippen molar-refractivity contribution in [2.45, 2.75) is 64.4 Å². The number of nitrogens with zero attached hydrogens (tertiary/aromatic N) is 2. The van der Waals surface area contributed by atoms with Crippen LogP contribution in [0.15, 0.2) is 24.3 Å². The second kappa shape index (κ2) is 5.31. The highest BCUT2D eigenvalue weighted by Crippen LogP contribution is 2.71. The molecule has 1 saturated heterocycles. The first kappa shape index (κ1) is 16.6. The van der Waals surface area contributed by atoms with Gasteiger partial charge in [0.1, 0.15) is 11.0 Å². The molecular formula is C21H24N2O2. The molecule has 3 aliphatic rings. The summed E-state index contributed by atoms with van der Waals surface area (Å²) in [5, 5.41) is 18.9. The van der Waals surface area contributed by atoms with Gasteiger partial charge in [0.15, 0.2) is 0 Å². The van der Waals surface area contributed by atoms with Crippen molar-refractivity contribution >= 4 is 0 Å². The molecule has 130 valence electrons. The smallest absolute Gasteiger partial charge is 0.150 e. The number of benzene rings is 1. The summed E-state index contributed by atoms with van der Waals surface area (Å²) >= 11 is 0. The summed E-state index contributed by atoms with van der Waals surface area (Å²) in [5.74, 6) is 0.300. The Balaban J connectivity index is 1.49. The van der Waals surface area contributed by atoms with E-state index < -0.39 is 5.41 Å². The molecule has 0 radical (unpaired) electrons. The molecule has 4 rings (SSSR count). The molecule has 25 heavy (non-hydrogen) atoms. The minimum absolute atomic E-state index is 0.0170. The van der Waals surface area contributed by atoms with Gasteiger partial charge in [-0.2, -0.15) is 10.5 Å². The summed E-state index contributed by atoms with van der Waals surface area (Å²) in [4.78, 5) is 0. The summed E-state index contributed by atoms with van der Waals surface area (Å²) in [7, 11) is 0. The zero-order valence-corrected chi connectivity index (χ0v) is 15.1. The Bertz CT molecular complexity index is 778. The monoisotopic (exact) mass is 336 g/mol. The highest BCUT2D eigenvalue weighted by Gasteiger charge is 2.73. The van der Waals surface area contributed by atoms with E-state index in [1.54, 1.807) is 0 Å². The van der Waals surface area contributed by atoms with E-state index in [0.29, 0.717) is 18.9 Å². The lowest BCUT2D eigenvalue weighted by molar-refractivity contribution is -0.0348. The summed E-state index contributed by atoms with van der Waals surface area (Å²) < 4.78 is 12.3. The lowest BCUT2D eigenvalue weighted by Crippen LogP contribution is -2.41. The van der Waals surface area contributed by atoms with Gasteiger partial charge in [-0.05, 0) is 50.2 Å². The summed E-state index contributed by atoms with van der Waals surface area (Å²) in [6.07, 6.45) is 2.68. The van der Waals surface area contributed by atoms with Crippen molar-refractivity contribution in [2.75, 3.05) is 0 Å². The molecule has 0 bridgehead atoms. The molecule has 1 aromatic carbocycles. The maximum absolute atomic E-state index is 9.46. The second-order valence-electron chi connectivity index (χ2n) is 8.41. The number of hydrogen-bond acceptors (Lipinski definition) is 4. The standard InChI is InChI=1S/C21H24N2O2/c1-14-6-4-5-7-15(14)10-24-17-8-16(9-18-20(17,3)25-18)19(2)11-21(19,12-22)13-23/h4-7,16-18H,8-11H2,1-3H3/t16-,17+,18-,19?,20+/m0/s1. The molecule has 0 spiro atoms. The van der Waals surface area contributed by atoms with E-state index in [2.05, 4.69) is 45.0 Å². The molecule has 0 aromatic heterocycles. The SMILES string of the molecule is Cc1ccccc1CO[C@@H]1C[C@H](C2(C)CC2(C#N)C#N)C[C@@H]2O[C@@]21C. The maximum atomic E-state index is 9.46. The third kappa shape index (κ3) is 2.32. The zero-order valence-electron chi connectivity index (χ0n) is 15.1. The van der Waals surface area contributed by atoms with E-state index in [4.69, 9.17) is 9.47 Å². The van der Waals surface area contributed by atoms with Crippen LogP contribution in [-0.4, -0.2) is 17.8 Å². The molecule has 3 fully saturated rings. The van der Waals surface area contributed by atoms with Gasteiger partial charge < -0.3 is 9.47 Å². The van der Waals surface area contributed by atoms with Crippen LogP contribution in [0, 0.1) is 46.3 Å². The van der Waals surface area contributed by atoms with E-state index in [-0.39, 0.29) is 23.2 Å². The van der Waals surface area contributed by atoms with Gasteiger partial charge in [-0.25, -0.2) is 0 Å². The van der Waals surface area contributed by atoms with E-state index in [1.807, 2.05) is 12.1 Å². The Morgan fingerprint density at radius 3 is 2.56 bits per heavy atom. The molecule has 2 aliphatic carbocycles. The van der Waals surface area contributed by atoms with Crippen LogP contribution in [0.3, 0.4) is 0 Å². The average Bonchev–Trinajstić information content (AvgIpc) is 3.46. The van der Waals surface area contributed by atoms with Gasteiger partial charge in [0.05, 0.1) is 31.0 Å². The minimum atomic E-state index is -0.819. The van der Waals surface area contributed by atoms with Crippen molar-refractivity contribution < 1.29 is 9.47 Å². The molecule has 5 atom stereocenters. The van der Waals surface area contributed by atoms with Gasteiger partial charge in [-0.1, -0.05) is 31.2 Å². The highest BCUT2D eigenvalue weighted by molar-refractivity contribution is 5.35. The molecule has 2 saturated carbocycles. The highest BCUT2D eigenvalue weighted by atomic mass is 16.6. The lowest BCUT2D eigenvalue weighted by atomic mass is 9.71. The van der Waals surface area contributed by atoms with Crippen LogP contribution in [-0.2, 0) is 16.1 Å². The van der Waals surface area contributed by atoms with Crippen molar-refractivity contribution in [2.24, 2.45) is 16.7 Å². The quantitative estimate of drug-likeness (QED) is 0.782. The summed E-state index contributed by atoms with van der Waals surface area (Å²) in [6, 6.07) is 12.8. The van der Waals surface area contributed by atoms with Crippen molar-refractivity contribution in [1.29, 1.82) is 10.5 Å². The Kier molecular flexibility index (Phi) is 3.52. The van der Waals surface area contributed by atoms with Gasteiger partial charge in [-0.3, -0.25) is 0 Å². The molecule has 0 N–H and O–H groups in total.